The van der Waals surface area contributed by atoms with Crippen LogP contribution in [0.2, 0.25) is 5.02 Å². The number of hydrogen-bond acceptors (Lipinski definition) is 5. The SMILES string of the molecule is N#C[C@@H](C(=O)c1ccc(Cn2cc(Cl)cn2)o1)c1ccccn1. The van der Waals surface area contributed by atoms with Crippen molar-refractivity contribution in [3.8, 4) is 6.07 Å². The van der Waals surface area contributed by atoms with E-state index in [1.54, 1.807) is 47.4 Å². The Labute approximate surface area is 136 Å². The van der Waals surface area contributed by atoms with Crippen molar-refractivity contribution in [2.45, 2.75) is 12.5 Å². The van der Waals surface area contributed by atoms with Gasteiger partial charge in [-0.2, -0.15) is 10.4 Å². The highest BCUT2D eigenvalue weighted by atomic mass is 35.5. The van der Waals surface area contributed by atoms with E-state index in [1.165, 1.54) is 6.20 Å². The van der Waals surface area contributed by atoms with Gasteiger partial charge in [0.15, 0.2) is 11.7 Å². The molecule has 3 rings (SSSR count). The lowest BCUT2D eigenvalue weighted by Gasteiger charge is -2.05. The first-order valence-corrected chi connectivity index (χ1v) is 7.16. The van der Waals surface area contributed by atoms with E-state index in [4.69, 9.17) is 16.0 Å². The van der Waals surface area contributed by atoms with Crippen LogP contribution in [0.25, 0.3) is 0 Å². The summed E-state index contributed by atoms with van der Waals surface area (Å²) in [6.45, 7) is 0.348. The minimum absolute atomic E-state index is 0.121. The van der Waals surface area contributed by atoms with Crippen molar-refractivity contribution < 1.29 is 9.21 Å². The predicted molar refractivity (Wildman–Crippen MR) is 82.0 cm³/mol. The van der Waals surface area contributed by atoms with Crippen LogP contribution in [0.3, 0.4) is 0 Å². The quantitative estimate of drug-likeness (QED) is 0.673. The number of hydrogen-bond donors (Lipinski definition) is 0. The largest absolute Gasteiger partial charge is 0.456 e. The second-order valence-electron chi connectivity index (χ2n) is 4.80. The van der Waals surface area contributed by atoms with Gasteiger partial charge in [-0.15, -0.1) is 0 Å². The smallest absolute Gasteiger partial charge is 0.221 e. The van der Waals surface area contributed by atoms with E-state index in [0.717, 1.165) is 0 Å². The summed E-state index contributed by atoms with van der Waals surface area (Å²) in [5.74, 6) is -0.744. The van der Waals surface area contributed by atoms with Crippen molar-refractivity contribution in [1.29, 1.82) is 5.26 Å². The number of halogens is 1. The van der Waals surface area contributed by atoms with Crippen molar-refractivity contribution in [1.82, 2.24) is 14.8 Å². The zero-order valence-electron chi connectivity index (χ0n) is 11.9. The minimum Gasteiger partial charge on any atom is -0.456 e. The Hall–Kier alpha value is -2.91. The highest BCUT2D eigenvalue weighted by molar-refractivity contribution is 6.30. The van der Waals surface area contributed by atoms with E-state index < -0.39 is 11.7 Å². The summed E-state index contributed by atoms with van der Waals surface area (Å²) in [5.41, 5.74) is 0.400. The first kappa shape index (κ1) is 15.0. The molecule has 0 amide bonds. The monoisotopic (exact) mass is 326 g/mol. The molecule has 3 heterocycles. The number of nitriles is 1. The number of furan rings is 1. The number of Topliss-reactive ketones (excluding diaryl/α,β-unsaturated/α-hetero) is 1. The summed E-state index contributed by atoms with van der Waals surface area (Å²) in [5, 5.41) is 13.8. The normalized spacial score (nSPS) is 11.8. The molecule has 23 heavy (non-hydrogen) atoms. The summed E-state index contributed by atoms with van der Waals surface area (Å²) in [6, 6.07) is 10.3. The molecule has 7 heteroatoms. The summed E-state index contributed by atoms with van der Waals surface area (Å²) in [4.78, 5) is 16.5. The molecule has 0 unspecified atom stereocenters. The van der Waals surface area contributed by atoms with Crippen LogP contribution in [0.4, 0.5) is 0 Å². The second kappa shape index (κ2) is 6.46. The minimum atomic E-state index is -0.991. The molecule has 0 aromatic carbocycles. The maximum atomic E-state index is 12.4. The molecule has 6 nitrogen and oxygen atoms in total. The molecule has 0 bridgehead atoms. The third-order valence-corrected chi connectivity index (χ3v) is 3.39. The fraction of sp³-hybridized carbons (Fsp3) is 0.125. The average molecular weight is 327 g/mol. The van der Waals surface area contributed by atoms with Gasteiger partial charge in [0, 0.05) is 12.4 Å². The number of ketones is 1. The maximum Gasteiger partial charge on any atom is 0.221 e. The number of pyridine rings is 1. The lowest BCUT2D eigenvalue weighted by atomic mass is 9.99. The fourth-order valence-electron chi connectivity index (χ4n) is 2.13. The van der Waals surface area contributed by atoms with Gasteiger partial charge in [-0.1, -0.05) is 17.7 Å². The van der Waals surface area contributed by atoms with E-state index in [9.17, 15) is 10.1 Å². The molecule has 0 radical (unpaired) electrons. The van der Waals surface area contributed by atoms with Gasteiger partial charge in [0.25, 0.3) is 0 Å². The van der Waals surface area contributed by atoms with Gasteiger partial charge in [-0.3, -0.25) is 14.5 Å². The molecule has 114 valence electrons. The van der Waals surface area contributed by atoms with Crippen LogP contribution in [0.1, 0.15) is 27.9 Å². The number of nitrogens with zero attached hydrogens (tertiary/aromatic N) is 4. The Bertz CT molecular complexity index is 864. The van der Waals surface area contributed by atoms with E-state index in [-0.39, 0.29) is 5.76 Å². The number of aromatic nitrogens is 3. The van der Waals surface area contributed by atoms with Gasteiger partial charge >= 0.3 is 0 Å². The molecule has 0 aliphatic rings. The molecule has 0 saturated heterocycles. The molecular weight excluding hydrogens is 316 g/mol. The van der Waals surface area contributed by atoms with Crippen LogP contribution in [-0.2, 0) is 6.54 Å². The fourth-order valence-corrected chi connectivity index (χ4v) is 2.28. The van der Waals surface area contributed by atoms with Crippen molar-refractivity contribution in [3.63, 3.8) is 0 Å². The maximum absolute atomic E-state index is 12.4. The molecular formula is C16H11ClN4O2. The summed E-state index contributed by atoms with van der Waals surface area (Å²) >= 11 is 5.80. The summed E-state index contributed by atoms with van der Waals surface area (Å²) < 4.78 is 7.12. The van der Waals surface area contributed by atoms with Crippen molar-refractivity contribution >= 4 is 17.4 Å². The van der Waals surface area contributed by atoms with Gasteiger partial charge < -0.3 is 4.42 Å². The topological polar surface area (TPSA) is 84.7 Å². The van der Waals surface area contributed by atoms with E-state index >= 15 is 0 Å². The van der Waals surface area contributed by atoms with Crippen molar-refractivity contribution in [3.05, 3.63) is 71.2 Å². The molecule has 0 spiro atoms. The zero-order valence-corrected chi connectivity index (χ0v) is 12.6. The Morgan fingerprint density at radius 3 is 2.91 bits per heavy atom. The van der Waals surface area contributed by atoms with Gasteiger partial charge in [0.1, 0.15) is 5.76 Å². The van der Waals surface area contributed by atoms with Crippen LogP contribution in [0, 0.1) is 11.3 Å². The third kappa shape index (κ3) is 3.30. The van der Waals surface area contributed by atoms with Crippen LogP contribution in [-0.4, -0.2) is 20.5 Å². The molecule has 0 aliphatic carbocycles. The molecule has 0 N–H and O–H groups in total. The Morgan fingerprint density at radius 2 is 2.26 bits per heavy atom. The number of carbonyl (C=O) groups excluding carboxylic acids is 1. The first-order chi connectivity index (χ1) is 11.2. The summed E-state index contributed by atoms with van der Waals surface area (Å²) in [7, 11) is 0. The average Bonchev–Trinajstić information content (AvgIpc) is 3.19. The van der Waals surface area contributed by atoms with E-state index in [0.29, 0.717) is 23.0 Å². The molecule has 0 saturated carbocycles. The molecule has 0 aliphatic heterocycles. The van der Waals surface area contributed by atoms with Crippen molar-refractivity contribution in [2.75, 3.05) is 0 Å². The van der Waals surface area contributed by atoms with Crippen LogP contribution >= 0.6 is 11.6 Å². The van der Waals surface area contributed by atoms with Gasteiger partial charge in [0.05, 0.1) is 29.5 Å². The number of rotatable bonds is 5. The van der Waals surface area contributed by atoms with Gasteiger partial charge in [-0.25, -0.2) is 0 Å². The Kier molecular flexibility index (Phi) is 4.22. The van der Waals surface area contributed by atoms with Crippen LogP contribution < -0.4 is 0 Å². The van der Waals surface area contributed by atoms with E-state index in [2.05, 4.69) is 10.1 Å². The highest BCUT2D eigenvalue weighted by Gasteiger charge is 2.25. The Morgan fingerprint density at radius 1 is 1.39 bits per heavy atom. The Balaban J connectivity index is 1.79. The second-order valence-corrected chi connectivity index (χ2v) is 5.24. The zero-order chi connectivity index (χ0) is 16.2. The molecule has 3 aromatic rings. The lowest BCUT2D eigenvalue weighted by molar-refractivity contribution is 0.0948. The molecule has 1 atom stereocenters. The lowest BCUT2D eigenvalue weighted by Crippen LogP contribution is -2.11. The predicted octanol–water partition coefficient (Wildman–Crippen LogP) is 3.06. The van der Waals surface area contributed by atoms with Crippen molar-refractivity contribution in [2.24, 2.45) is 0 Å². The third-order valence-electron chi connectivity index (χ3n) is 3.20. The van der Waals surface area contributed by atoms with Gasteiger partial charge in [0.2, 0.25) is 5.78 Å². The highest BCUT2D eigenvalue weighted by Crippen LogP contribution is 2.20. The van der Waals surface area contributed by atoms with Crippen LogP contribution in [0.15, 0.2) is 53.3 Å². The number of carbonyl (C=O) groups is 1. The molecule has 3 aromatic heterocycles. The first-order valence-electron chi connectivity index (χ1n) is 6.79. The summed E-state index contributed by atoms with van der Waals surface area (Å²) in [6.07, 6.45) is 4.71. The van der Waals surface area contributed by atoms with Crippen LogP contribution in [0.5, 0.6) is 0 Å². The van der Waals surface area contributed by atoms with Gasteiger partial charge in [-0.05, 0) is 24.3 Å². The molecule has 0 fully saturated rings. The van der Waals surface area contributed by atoms with E-state index in [1.807, 2.05) is 6.07 Å². The standard InChI is InChI=1S/C16H11ClN4O2/c17-11-8-20-21(9-11)10-12-4-5-15(23-12)16(22)13(7-18)14-3-1-2-6-19-14/h1-6,8-9,13H,10H2/t13-/m1/s1.